The molecule has 0 spiro atoms. The van der Waals surface area contributed by atoms with Gasteiger partial charge in [-0.2, -0.15) is 0 Å². The number of aryl methyl sites for hydroxylation is 1. The van der Waals surface area contributed by atoms with Crippen LogP contribution in [0.1, 0.15) is 29.8 Å². The van der Waals surface area contributed by atoms with Crippen molar-refractivity contribution in [1.29, 1.82) is 0 Å². The molecule has 2 aromatic rings. The Labute approximate surface area is 116 Å². The summed E-state index contributed by atoms with van der Waals surface area (Å²) in [4.78, 5) is 10.1. The van der Waals surface area contributed by atoms with Gasteiger partial charge in [-0.15, -0.1) is 0 Å². The van der Waals surface area contributed by atoms with Gasteiger partial charge in [-0.25, -0.2) is 0 Å². The van der Waals surface area contributed by atoms with Gasteiger partial charge in [-0.05, 0) is 19.1 Å². The first-order valence-corrected chi connectivity index (χ1v) is 6.51. The van der Waals surface area contributed by atoms with E-state index in [-0.39, 0.29) is 0 Å². The monoisotopic (exact) mass is 257 g/mol. The normalized spacial score (nSPS) is 8.21. The Morgan fingerprint density at radius 3 is 1.79 bits per heavy atom. The number of carbonyl (C=O) groups excluding carboxylic acids is 1. The minimum atomic E-state index is 0.737. The Balaban J connectivity index is 0.000000303. The van der Waals surface area contributed by atoms with Crippen molar-refractivity contribution in [3.63, 3.8) is 0 Å². The van der Waals surface area contributed by atoms with Crippen LogP contribution in [0.2, 0.25) is 0 Å². The lowest BCUT2D eigenvalue weighted by Crippen LogP contribution is -1.84. The summed E-state index contributed by atoms with van der Waals surface area (Å²) in [6.07, 6.45) is 0.847. The zero-order valence-corrected chi connectivity index (χ0v) is 12.2. The fourth-order valence-electron chi connectivity index (χ4n) is 1.25. The zero-order chi connectivity index (χ0) is 14.5. The first-order chi connectivity index (χ1) is 9.26. The third kappa shape index (κ3) is 7.77. The van der Waals surface area contributed by atoms with Crippen molar-refractivity contribution >= 4 is 12.0 Å². The first kappa shape index (κ1) is 16.9. The Hall–Kier alpha value is -2.09. The number of nitrogens with one attached hydrogen (secondary N) is 1. The topological polar surface area (TPSA) is 29.1 Å². The van der Waals surface area contributed by atoms with Gasteiger partial charge < -0.3 is 5.32 Å². The molecule has 102 valence electrons. The summed E-state index contributed by atoms with van der Waals surface area (Å²) in [5.41, 5.74) is 3.08. The summed E-state index contributed by atoms with van der Waals surface area (Å²) in [6.45, 7) is 5.99. The highest BCUT2D eigenvalue weighted by Crippen LogP contribution is 2.01. The van der Waals surface area contributed by atoms with Crippen molar-refractivity contribution < 1.29 is 4.79 Å². The summed E-state index contributed by atoms with van der Waals surface area (Å²) in [5.74, 6) is 0. The van der Waals surface area contributed by atoms with Gasteiger partial charge in [0.05, 0.1) is 0 Å². The summed E-state index contributed by atoms with van der Waals surface area (Å²) < 4.78 is 0. The zero-order valence-electron chi connectivity index (χ0n) is 12.2. The van der Waals surface area contributed by atoms with Crippen LogP contribution >= 0.6 is 0 Å². The Morgan fingerprint density at radius 2 is 1.42 bits per heavy atom. The van der Waals surface area contributed by atoms with E-state index in [4.69, 9.17) is 0 Å². The number of para-hydroxylation sites is 1. The maximum atomic E-state index is 10.1. The van der Waals surface area contributed by atoms with Crippen molar-refractivity contribution in [2.75, 3.05) is 12.4 Å². The fourth-order valence-corrected chi connectivity index (χ4v) is 1.25. The van der Waals surface area contributed by atoms with Gasteiger partial charge in [0.1, 0.15) is 6.29 Å². The van der Waals surface area contributed by atoms with Gasteiger partial charge in [0, 0.05) is 18.3 Å². The second-order valence-electron chi connectivity index (χ2n) is 3.64. The molecule has 0 aliphatic rings. The lowest BCUT2D eigenvalue weighted by Gasteiger charge is -1.94. The molecule has 2 heteroatoms. The van der Waals surface area contributed by atoms with Gasteiger partial charge in [-0.1, -0.05) is 61.9 Å². The lowest BCUT2D eigenvalue weighted by atomic mass is 10.2. The molecular weight excluding hydrogens is 234 g/mol. The number of aldehydes is 1. The van der Waals surface area contributed by atoms with E-state index in [0.29, 0.717) is 0 Å². The second kappa shape index (κ2) is 11.0. The van der Waals surface area contributed by atoms with Crippen molar-refractivity contribution in [1.82, 2.24) is 0 Å². The van der Waals surface area contributed by atoms with Crippen molar-refractivity contribution in [3.05, 3.63) is 65.7 Å². The van der Waals surface area contributed by atoms with Crippen molar-refractivity contribution in [3.8, 4) is 0 Å². The van der Waals surface area contributed by atoms with Crippen LogP contribution in [-0.2, 0) is 0 Å². The smallest absolute Gasteiger partial charge is 0.150 e. The maximum Gasteiger partial charge on any atom is 0.150 e. The molecule has 1 N–H and O–H groups in total. The van der Waals surface area contributed by atoms with Gasteiger partial charge in [0.15, 0.2) is 0 Å². The third-order valence-electron chi connectivity index (χ3n) is 2.28. The van der Waals surface area contributed by atoms with Crippen molar-refractivity contribution in [2.24, 2.45) is 0 Å². The Morgan fingerprint density at radius 1 is 0.895 bits per heavy atom. The molecule has 0 saturated heterocycles. The van der Waals surface area contributed by atoms with Crippen LogP contribution in [0.3, 0.4) is 0 Å². The standard InChI is InChI=1S/C8H8O.C7H9N.C2H6/c1-7-2-4-8(6-9)5-3-7;1-8-7-5-3-2-4-6-7;1-2/h2-6H,1H3;2-6,8H,1H3;1-2H3. The van der Waals surface area contributed by atoms with E-state index >= 15 is 0 Å². The van der Waals surface area contributed by atoms with Crippen LogP contribution in [0.25, 0.3) is 0 Å². The van der Waals surface area contributed by atoms with Crippen LogP contribution < -0.4 is 5.32 Å². The molecule has 2 aromatic carbocycles. The van der Waals surface area contributed by atoms with E-state index in [1.54, 1.807) is 0 Å². The average Bonchev–Trinajstić information content (AvgIpc) is 2.51. The van der Waals surface area contributed by atoms with Crippen LogP contribution in [-0.4, -0.2) is 13.3 Å². The highest BCUT2D eigenvalue weighted by Gasteiger charge is 1.85. The van der Waals surface area contributed by atoms with Crippen LogP contribution in [0.4, 0.5) is 5.69 Å². The van der Waals surface area contributed by atoms with E-state index in [2.05, 4.69) is 5.32 Å². The fraction of sp³-hybridized carbons (Fsp3) is 0.235. The number of benzene rings is 2. The van der Waals surface area contributed by atoms with E-state index in [1.807, 2.05) is 82.4 Å². The molecule has 0 aromatic heterocycles. The molecule has 0 radical (unpaired) electrons. The predicted octanol–water partition coefficient (Wildman–Crippen LogP) is 4.56. The molecule has 0 amide bonds. The third-order valence-corrected chi connectivity index (χ3v) is 2.28. The molecule has 0 fully saturated rings. The maximum absolute atomic E-state index is 10.1. The molecule has 2 rings (SSSR count). The van der Waals surface area contributed by atoms with Gasteiger partial charge in [0.25, 0.3) is 0 Å². The summed E-state index contributed by atoms with van der Waals surface area (Å²) >= 11 is 0. The molecule has 0 heterocycles. The number of anilines is 1. The van der Waals surface area contributed by atoms with E-state index in [9.17, 15) is 4.79 Å². The molecule has 0 aliphatic heterocycles. The van der Waals surface area contributed by atoms with Gasteiger partial charge in [-0.3, -0.25) is 4.79 Å². The SMILES string of the molecule is CC.CNc1ccccc1.Cc1ccc(C=O)cc1. The van der Waals surface area contributed by atoms with E-state index < -0.39 is 0 Å². The Bertz CT molecular complexity index is 435. The molecule has 0 bridgehead atoms. The van der Waals surface area contributed by atoms with Crippen LogP contribution in [0.15, 0.2) is 54.6 Å². The van der Waals surface area contributed by atoms with Crippen molar-refractivity contribution in [2.45, 2.75) is 20.8 Å². The highest BCUT2D eigenvalue weighted by atomic mass is 16.1. The minimum absolute atomic E-state index is 0.737. The van der Waals surface area contributed by atoms with Crippen LogP contribution in [0.5, 0.6) is 0 Å². The minimum Gasteiger partial charge on any atom is -0.388 e. The molecule has 0 atom stereocenters. The summed E-state index contributed by atoms with van der Waals surface area (Å²) in [5, 5.41) is 3.03. The summed E-state index contributed by atoms with van der Waals surface area (Å²) in [6, 6.07) is 17.5. The largest absolute Gasteiger partial charge is 0.388 e. The number of rotatable bonds is 2. The molecule has 0 unspecified atom stereocenters. The first-order valence-electron chi connectivity index (χ1n) is 6.51. The predicted molar refractivity (Wildman–Crippen MR) is 83.9 cm³/mol. The molecule has 19 heavy (non-hydrogen) atoms. The molecular formula is C17H23NO. The van der Waals surface area contributed by atoms with Gasteiger partial charge >= 0.3 is 0 Å². The second-order valence-corrected chi connectivity index (χ2v) is 3.64. The van der Waals surface area contributed by atoms with E-state index in [1.165, 1.54) is 5.56 Å². The number of hydrogen-bond acceptors (Lipinski definition) is 2. The Kier molecular flexibility index (Phi) is 9.81. The van der Waals surface area contributed by atoms with E-state index in [0.717, 1.165) is 17.5 Å². The number of hydrogen-bond donors (Lipinski definition) is 1. The highest BCUT2D eigenvalue weighted by molar-refractivity contribution is 5.74. The molecule has 0 aliphatic carbocycles. The lowest BCUT2D eigenvalue weighted by molar-refractivity contribution is 0.112. The molecule has 0 saturated carbocycles. The van der Waals surface area contributed by atoms with Gasteiger partial charge in [0.2, 0.25) is 0 Å². The van der Waals surface area contributed by atoms with Crippen LogP contribution in [0, 0.1) is 6.92 Å². The quantitative estimate of drug-likeness (QED) is 0.799. The average molecular weight is 257 g/mol. The number of carbonyl (C=O) groups is 1. The molecule has 2 nitrogen and oxygen atoms in total. The summed E-state index contributed by atoms with van der Waals surface area (Å²) in [7, 11) is 1.91.